The minimum absolute atomic E-state index is 0.159. The Morgan fingerprint density at radius 2 is 1.77 bits per heavy atom. The highest BCUT2D eigenvalue weighted by Gasteiger charge is 2.45. The summed E-state index contributed by atoms with van der Waals surface area (Å²) in [5.41, 5.74) is 5.96. The van der Waals surface area contributed by atoms with Crippen LogP contribution in [0.2, 0.25) is 19.6 Å². The Labute approximate surface area is 135 Å². The molecule has 2 aliphatic carbocycles. The zero-order valence-corrected chi connectivity index (χ0v) is 15.5. The molecule has 0 amide bonds. The molecular formula is C20H28OSi. The van der Waals surface area contributed by atoms with Crippen LogP contribution in [0.25, 0.3) is 5.57 Å². The van der Waals surface area contributed by atoms with E-state index >= 15 is 0 Å². The van der Waals surface area contributed by atoms with Crippen molar-refractivity contribution in [3.05, 3.63) is 52.2 Å². The van der Waals surface area contributed by atoms with Gasteiger partial charge in [-0.2, -0.15) is 0 Å². The fraction of sp³-hybridized carbons (Fsp3) is 0.500. The van der Waals surface area contributed by atoms with Crippen molar-refractivity contribution in [2.45, 2.75) is 58.9 Å². The molecule has 2 aliphatic rings. The van der Waals surface area contributed by atoms with E-state index in [1.807, 2.05) is 0 Å². The van der Waals surface area contributed by atoms with Crippen LogP contribution in [0, 0.1) is 5.41 Å². The van der Waals surface area contributed by atoms with Crippen LogP contribution in [0.1, 0.15) is 38.7 Å². The van der Waals surface area contributed by atoms with E-state index in [0.717, 1.165) is 19.3 Å². The average molecular weight is 313 g/mol. The first-order valence-electron chi connectivity index (χ1n) is 8.40. The van der Waals surface area contributed by atoms with Crippen molar-refractivity contribution in [1.29, 1.82) is 0 Å². The first kappa shape index (κ1) is 15.8. The third kappa shape index (κ3) is 2.53. The first-order chi connectivity index (χ1) is 10.2. The lowest BCUT2D eigenvalue weighted by molar-refractivity contribution is 0.164. The molecule has 0 radical (unpaired) electrons. The van der Waals surface area contributed by atoms with Gasteiger partial charge in [0.1, 0.15) is 0 Å². The van der Waals surface area contributed by atoms with Crippen LogP contribution in [-0.4, -0.2) is 19.3 Å². The standard InChI is InChI=1S/C20H28OSi/c1-14-17-11-16(21)12-20(17,2)13-18(22(3,4)5)19(14)15-9-7-6-8-10-15/h6-10,16,21H,11-13H2,1-5H3/t16-,20+/m0/s1. The number of allylic oxidation sites excluding steroid dienone is 3. The molecule has 1 N–H and O–H groups in total. The molecule has 1 nitrogen and oxygen atoms in total. The van der Waals surface area contributed by atoms with Crippen molar-refractivity contribution in [2.75, 3.05) is 0 Å². The van der Waals surface area contributed by atoms with Gasteiger partial charge in [-0.05, 0) is 48.3 Å². The van der Waals surface area contributed by atoms with Crippen molar-refractivity contribution in [2.24, 2.45) is 5.41 Å². The van der Waals surface area contributed by atoms with E-state index in [0.29, 0.717) is 0 Å². The molecule has 0 aliphatic heterocycles. The van der Waals surface area contributed by atoms with Gasteiger partial charge in [-0.3, -0.25) is 0 Å². The molecule has 0 unspecified atom stereocenters. The molecule has 2 atom stereocenters. The van der Waals surface area contributed by atoms with Crippen LogP contribution in [-0.2, 0) is 0 Å². The lowest BCUT2D eigenvalue weighted by Gasteiger charge is -2.40. The van der Waals surface area contributed by atoms with Gasteiger partial charge in [0.15, 0.2) is 0 Å². The van der Waals surface area contributed by atoms with Gasteiger partial charge in [0.2, 0.25) is 0 Å². The van der Waals surface area contributed by atoms with E-state index in [2.05, 4.69) is 63.8 Å². The van der Waals surface area contributed by atoms with Crippen LogP contribution in [0.4, 0.5) is 0 Å². The van der Waals surface area contributed by atoms with Gasteiger partial charge in [-0.15, -0.1) is 0 Å². The van der Waals surface area contributed by atoms with Gasteiger partial charge in [0, 0.05) is 0 Å². The fourth-order valence-corrected chi connectivity index (χ4v) is 6.48. The maximum atomic E-state index is 10.2. The highest BCUT2D eigenvalue weighted by Crippen LogP contribution is 2.56. The van der Waals surface area contributed by atoms with Gasteiger partial charge < -0.3 is 5.11 Å². The second-order valence-electron chi connectivity index (χ2n) is 8.37. The molecule has 0 bridgehead atoms. The zero-order valence-electron chi connectivity index (χ0n) is 14.5. The smallest absolute Gasteiger partial charge is 0.0733 e. The predicted molar refractivity (Wildman–Crippen MR) is 97.4 cm³/mol. The molecule has 0 saturated heterocycles. The number of aliphatic hydroxyl groups excluding tert-OH is 1. The molecule has 1 saturated carbocycles. The number of hydrogen-bond acceptors (Lipinski definition) is 1. The van der Waals surface area contributed by atoms with Crippen molar-refractivity contribution in [3.8, 4) is 0 Å². The van der Waals surface area contributed by atoms with Crippen molar-refractivity contribution in [3.63, 3.8) is 0 Å². The lowest BCUT2D eigenvalue weighted by Crippen LogP contribution is -2.33. The van der Waals surface area contributed by atoms with Crippen LogP contribution in [0.5, 0.6) is 0 Å². The fourth-order valence-electron chi connectivity index (χ4n) is 4.47. The van der Waals surface area contributed by atoms with E-state index in [9.17, 15) is 5.11 Å². The summed E-state index contributed by atoms with van der Waals surface area (Å²) in [6.45, 7) is 12.0. The maximum absolute atomic E-state index is 10.2. The monoisotopic (exact) mass is 312 g/mol. The molecule has 1 fully saturated rings. The van der Waals surface area contributed by atoms with Crippen molar-refractivity contribution in [1.82, 2.24) is 0 Å². The molecule has 0 aromatic heterocycles. The Hall–Kier alpha value is -1.12. The predicted octanol–water partition coefficient (Wildman–Crippen LogP) is 5.20. The number of aliphatic hydroxyl groups is 1. The van der Waals surface area contributed by atoms with E-state index in [1.54, 1.807) is 5.20 Å². The SMILES string of the molecule is CC1=C2C[C@H](O)C[C@]2(C)CC([Si](C)(C)C)=C1c1ccccc1. The Morgan fingerprint density at radius 3 is 2.36 bits per heavy atom. The second-order valence-corrected chi connectivity index (χ2v) is 13.5. The van der Waals surface area contributed by atoms with Gasteiger partial charge in [-0.1, -0.05) is 67.7 Å². The summed E-state index contributed by atoms with van der Waals surface area (Å²) < 4.78 is 0. The summed E-state index contributed by atoms with van der Waals surface area (Å²) in [7, 11) is -1.41. The largest absolute Gasteiger partial charge is 0.393 e. The summed E-state index contributed by atoms with van der Waals surface area (Å²) in [6.07, 6.45) is 2.76. The number of hydrogen-bond donors (Lipinski definition) is 1. The normalized spacial score (nSPS) is 29.1. The Bertz CT molecular complexity index is 648. The lowest BCUT2D eigenvalue weighted by atomic mass is 9.72. The minimum atomic E-state index is -1.41. The van der Waals surface area contributed by atoms with Crippen LogP contribution < -0.4 is 0 Å². The summed E-state index contributed by atoms with van der Waals surface area (Å²) in [4.78, 5) is 0. The van der Waals surface area contributed by atoms with E-state index in [1.165, 1.54) is 22.3 Å². The average Bonchev–Trinajstić information content (AvgIpc) is 2.74. The van der Waals surface area contributed by atoms with E-state index in [-0.39, 0.29) is 11.5 Å². The summed E-state index contributed by atoms with van der Waals surface area (Å²) in [5, 5.41) is 11.9. The highest BCUT2D eigenvalue weighted by atomic mass is 28.3. The van der Waals surface area contributed by atoms with Crippen molar-refractivity contribution < 1.29 is 5.11 Å². The summed E-state index contributed by atoms with van der Waals surface area (Å²) >= 11 is 0. The highest BCUT2D eigenvalue weighted by molar-refractivity contribution is 6.84. The van der Waals surface area contributed by atoms with Crippen LogP contribution >= 0.6 is 0 Å². The maximum Gasteiger partial charge on any atom is 0.0733 e. The van der Waals surface area contributed by atoms with E-state index in [4.69, 9.17) is 0 Å². The molecule has 22 heavy (non-hydrogen) atoms. The molecule has 0 heterocycles. The van der Waals surface area contributed by atoms with Gasteiger partial charge >= 0.3 is 0 Å². The number of benzene rings is 1. The molecule has 2 heteroatoms. The molecular weight excluding hydrogens is 284 g/mol. The minimum Gasteiger partial charge on any atom is -0.393 e. The van der Waals surface area contributed by atoms with Gasteiger partial charge in [-0.25, -0.2) is 0 Å². The Balaban J connectivity index is 2.23. The molecule has 118 valence electrons. The molecule has 1 aromatic rings. The third-order valence-corrected chi connectivity index (χ3v) is 7.76. The topological polar surface area (TPSA) is 20.2 Å². The van der Waals surface area contributed by atoms with Crippen LogP contribution in [0.15, 0.2) is 46.7 Å². The molecule has 3 rings (SSSR count). The van der Waals surface area contributed by atoms with Crippen LogP contribution in [0.3, 0.4) is 0 Å². The molecule has 1 aromatic carbocycles. The Kier molecular flexibility index (Phi) is 3.73. The van der Waals surface area contributed by atoms with Gasteiger partial charge in [0.25, 0.3) is 0 Å². The third-order valence-electron chi connectivity index (χ3n) is 5.52. The molecule has 0 spiro atoms. The summed E-state index contributed by atoms with van der Waals surface area (Å²) in [5.74, 6) is 0. The Morgan fingerprint density at radius 1 is 1.14 bits per heavy atom. The first-order valence-corrected chi connectivity index (χ1v) is 11.9. The van der Waals surface area contributed by atoms with E-state index < -0.39 is 8.07 Å². The zero-order chi connectivity index (χ0) is 16.1. The van der Waals surface area contributed by atoms with Gasteiger partial charge in [0.05, 0.1) is 14.2 Å². The number of fused-ring (bicyclic) bond motifs is 1. The second kappa shape index (κ2) is 5.21. The quantitative estimate of drug-likeness (QED) is 0.744. The van der Waals surface area contributed by atoms with Crippen molar-refractivity contribution >= 4 is 13.6 Å². The number of rotatable bonds is 2. The summed E-state index contributed by atoms with van der Waals surface area (Å²) in [6, 6.07) is 10.9.